The van der Waals surface area contributed by atoms with Crippen molar-refractivity contribution >= 4 is 39.3 Å². The highest BCUT2D eigenvalue weighted by atomic mass is 35.5. The van der Waals surface area contributed by atoms with Gasteiger partial charge in [0.05, 0.1) is 11.0 Å². The fraction of sp³-hybridized carbons (Fsp3) is 0.136. The third-order valence-electron chi connectivity index (χ3n) is 4.76. The van der Waals surface area contributed by atoms with Crippen LogP contribution in [0.4, 0.5) is 0 Å². The van der Waals surface area contributed by atoms with E-state index in [0.29, 0.717) is 17.1 Å². The maximum absolute atomic E-state index is 12.0. The first-order chi connectivity index (χ1) is 12.6. The number of hydrogen-bond donors (Lipinski definition) is 1. The van der Waals surface area contributed by atoms with Crippen LogP contribution in [0.25, 0.3) is 21.8 Å². The largest absolute Gasteiger partial charge is 0.366 e. The second-order valence-corrected chi connectivity index (χ2v) is 6.84. The summed E-state index contributed by atoms with van der Waals surface area (Å²) in [5.74, 6) is -0.426. The van der Waals surface area contributed by atoms with E-state index in [0.717, 1.165) is 33.8 Å². The molecule has 0 aliphatic heterocycles. The van der Waals surface area contributed by atoms with E-state index < -0.39 is 5.91 Å². The van der Waals surface area contributed by atoms with Gasteiger partial charge in [0.15, 0.2) is 0 Å². The number of primary amides is 1. The fourth-order valence-corrected chi connectivity index (χ4v) is 3.71. The lowest BCUT2D eigenvalue weighted by Crippen LogP contribution is -2.11. The van der Waals surface area contributed by atoms with Gasteiger partial charge in [-0.25, -0.2) is 0 Å². The average Bonchev–Trinajstić information content (AvgIpc) is 2.95. The van der Waals surface area contributed by atoms with Crippen molar-refractivity contribution < 1.29 is 4.79 Å². The number of benzene rings is 3. The van der Waals surface area contributed by atoms with Crippen molar-refractivity contribution in [2.24, 2.45) is 5.73 Å². The van der Waals surface area contributed by atoms with E-state index in [1.165, 1.54) is 5.56 Å². The minimum atomic E-state index is -0.426. The second-order valence-electron chi connectivity index (χ2n) is 6.40. The zero-order valence-electron chi connectivity index (χ0n) is 14.4. The molecule has 0 saturated carbocycles. The molecule has 0 aliphatic rings. The summed E-state index contributed by atoms with van der Waals surface area (Å²) in [6, 6.07) is 21.0. The molecule has 1 heterocycles. The number of aryl methyl sites for hydroxylation is 1. The number of halogens is 1. The molecule has 4 rings (SSSR count). The highest BCUT2D eigenvalue weighted by molar-refractivity contribution is 6.30. The number of amides is 1. The van der Waals surface area contributed by atoms with Crippen LogP contribution in [0.5, 0.6) is 0 Å². The zero-order valence-corrected chi connectivity index (χ0v) is 15.2. The maximum atomic E-state index is 12.0. The van der Waals surface area contributed by atoms with Gasteiger partial charge >= 0.3 is 0 Å². The molecule has 26 heavy (non-hydrogen) atoms. The number of carbonyl (C=O) groups excluding carboxylic acids is 1. The highest BCUT2D eigenvalue weighted by Crippen LogP contribution is 2.33. The van der Waals surface area contributed by atoms with Crippen LogP contribution in [-0.2, 0) is 13.0 Å². The topological polar surface area (TPSA) is 48.0 Å². The molecular formula is C22H18ClN2O. The van der Waals surface area contributed by atoms with Crippen LogP contribution in [0.3, 0.4) is 0 Å². The quantitative estimate of drug-likeness (QED) is 0.548. The first-order valence-electron chi connectivity index (χ1n) is 8.58. The molecule has 1 amide bonds. The molecule has 1 radical (unpaired) electrons. The standard InChI is InChI=1S/C22H18ClN2O/c1-2-14-9-10-17-20(12-14)25(13-15-5-3-6-16(23)11-15)19-8-4-7-18(21(17)19)22(24)26/h3-9,11-12H,2,13H2,1H3,(H2,24,26). The number of nitrogens with zero attached hydrogens (tertiary/aromatic N) is 1. The molecule has 1 aromatic heterocycles. The van der Waals surface area contributed by atoms with E-state index in [1.54, 1.807) is 6.07 Å². The molecule has 0 spiro atoms. The van der Waals surface area contributed by atoms with Crippen molar-refractivity contribution in [1.82, 2.24) is 4.57 Å². The lowest BCUT2D eigenvalue weighted by molar-refractivity contribution is 0.100. The number of fused-ring (bicyclic) bond motifs is 3. The van der Waals surface area contributed by atoms with Crippen LogP contribution < -0.4 is 5.73 Å². The van der Waals surface area contributed by atoms with Crippen molar-refractivity contribution in [3.63, 3.8) is 0 Å². The van der Waals surface area contributed by atoms with Crippen molar-refractivity contribution in [2.45, 2.75) is 19.9 Å². The SMILES string of the molecule is CCc1c[c]c2c3c(C(N)=O)cccc3n(Cc3cccc(Cl)c3)c2c1. The Morgan fingerprint density at radius 1 is 1.12 bits per heavy atom. The van der Waals surface area contributed by atoms with E-state index in [9.17, 15) is 4.79 Å². The van der Waals surface area contributed by atoms with Crippen LogP contribution >= 0.6 is 11.6 Å². The van der Waals surface area contributed by atoms with Gasteiger partial charge in [-0.2, -0.15) is 0 Å². The smallest absolute Gasteiger partial charge is 0.249 e. The molecule has 0 saturated heterocycles. The number of carbonyl (C=O) groups is 1. The molecule has 2 N–H and O–H groups in total. The molecule has 0 fully saturated rings. The summed E-state index contributed by atoms with van der Waals surface area (Å²) in [5.41, 5.74) is 10.5. The van der Waals surface area contributed by atoms with Gasteiger partial charge in [-0.1, -0.05) is 42.8 Å². The fourth-order valence-electron chi connectivity index (χ4n) is 3.50. The zero-order chi connectivity index (χ0) is 18.3. The Balaban J connectivity index is 2.05. The van der Waals surface area contributed by atoms with Crippen molar-refractivity contribution in [1.29, 1.82) is 0 Å². The van der Waals surface area contributed by atoms with Gasteiger partial charge in [0.2, 0.25) is 5.91 Å². The van der Waals surface area contributed by atoms with Gasteiger partial charge in [0.1, 0.15) is 0 Å². The van der Waals surface area contributed by atoms with Crippen molar-refractivity contribution in [3.8, 4) is 0 Å². The summed E-state index contributed by atoms with van der Waals surface area (Å²) in [4.78, 5) is 12.0. The molecule has 0 unspecified atom stereocenters. The van der Waals surface area contributed by atoms with Crippen LogP contribution in [-0.4, -0.2) is 10.5 Å². The first kappa shape index (κ1) is 16.7. The van der Waals surface area contributed by atoms with Crippen LogP contribution in [0.2, 0.25) is 5.02 Å². The van der Waals surface area contributed by atoms with Gasteiger partial charge in [-0.15, -0.1) is 0 Å². The van der Waals surface area contributed by atoms with Gasteiger partial charge < -0.3 is 10.3 Å². The summed E-state index contributed by atoms with van der Waals surface area (Å²) in [5, 5.41) is 2.50. The average molecular weight is 362 g/mol. The molecule has 4 aromatic rings. The maximum Gasteiger partial charge on any atom is 0.249 e. The van der Waals surface area contributed by atoms with Gasteiger partial charge in [0, 0.05) is 27.9 Å². The second kappa shape index (κ2) is 6.50. The van der Waals surface area contributed by atoms with E-state index in [-0.39, 0.29) is 0 Å². The van der Waals surface area contributed by atoms with E-state index in [4.69, 9.17) is 17.3 Å². The summed E-state index contributed by atoms with van der Waals surface area (Å²) in [6.07, 6.45) is 0.924. The highest BCUT2D eigenvalue weighted by Gasteiger charge is 2.17. The Morgan fingerprint density at radius 2 is 1.92 bits per heavy atom. The number of rotatable bonds is 4. The van der Waals surface area contributed by atoms with Crippen LogP contribution in [0.15, 0.2) is 54.6 Å². The third kappa shape index (κ3) is 2.74. The third-order valence-corrected chi connectivity index (χ3v) is 4.99. The van der Waals surface area contributed by atoms with E-state index in [1.807, 2.05) is 36.4 Å². The van der Waals surface area contributed by atoms with Crippen LogP contribution in [0.1, 0.15) is 28.4 Å². The van der Waals surface area contributed by atoms with Gasteiger partial charge in [-0.3, -0.25) is 4.79 Å². The Hall–Kier alpha value is -2.78. The number of nitrogens with two attached hydrogens (primary N) is 1. The molecule has 0 bridgehead atoms. The molecule has 3 aromatic carbocycles. The lowest BCUT2D eigenvalue weighted by atomic mass is 10.0. The predicted molar refractivity (Wildman–Crippen MR) is 107 cm³/mol. The molecule has 129 valence electrons. The number of aromatic nitrogens is 1. The van der Waals surface area contributed by atoms with Gasteiger partial charge in [0.25, 0.3) is 0 Å². The van der Waals surface area contributed by atoms with Crippen molar-refractivity contribution in [2.75, 3.05) is 0 Å². The molecule has 0 aliphatic carbocycles. The Morgan fingerprint density at radius 3 is 2.65 bits per heavy atom. The van der Waals surface area contributed by atoms with Gasteiger partial charge in [-0.05, 0) is 53.9 Å². The Bertz CT molecular complexity index is 1140. The lowest BCUT2D eigenvalue weighted by Gasteiger charge is -2.09. The summed E-state index contributed by atoms with van der Waals surface area (Å²) >= 11 is 6.16. The van der Waals surface area contributed by atoms with E-state index in [2.05, 4.69) is 29.7 Å². The Labute approximate surface area is 157 Å². The summed E-state index contributed by atoms with van der Waals surface area (Å²) < 4.78 is 2.21. The Kier molecular flexibility index (Phi) is 4.17. The van der Waals surface area contributed by atoms with E-state index >= 15 is 0 Å². The molecule has 0 atom stereocenters. The predicted octanol–water partition coefficient (Wildman–Crippen LogP) is 4.96. The summed E-state index contributed by atoms with van der Waals surface area (Å²) in [6.45, 7) is 2.78. The first-order valence-corrected chi connectivity index (χ1v) is 8.96. The molecule has 4 heteroatoms. The molecule has 3 nitrogen and oxygen atoms in total. The minimum absolute atomic E-state index is 0.426. The molecular weight excluding hydrogens is 344 g/mol. The normalized spacial score (nSPS) is 11.3. The minimum Gasteiger partial charge on any atom is -0.366 e. The van der Waals surface area contributed by atoms with Crippen LogP contribution in [0, 0.1) is 6.07 Å². The summed E-state index contributed by atoms with van der Waals surface area (Å²) in [7, 11) is 0. The number of hydrogen-bond acceptors (Lipinski definition) is 1. The monoisotopic (exact) mass is 361 g/mol. The van der Waals surface area contributed by atoms with Crippen molar-refractivity contribution in [3.05, 3.63) is 82.4 Å².